The van der Waals surface area contributed by atoms with E-state index in [1.54, 1.807) is 4.90 Å². The van der Waals surface area contributed by atoms with Crippen molar-refractivity contribution >= 4 is 17.9 Å². The number of hydrogen-bond donors (Lipinski definition) is 2. The normalized spacial score (nSPS) is 17.5. The first-order valence-electron chi connectivity index (χ1n) is 12.0. The number of carbonyl (C=O) groups excluding carboxylic acids is 2. The molecular weight excluding hydrogens is 440 g/mol. The predicted octanol–water partition coefficient (Wildman–Crippen LogP) is 0.516. The maximum Gasteiger partial charge on any atom is 0.410 e. The van der Waals surface area contributed by atoms with Gasteiger partial charge in [-0.15, -0.1) is 0 Å². The molecule has 0 unspecified atom stereocenters. The van der Waals surface area contributed by atoms with Gasteiger partial charge in [0.15, 0.2) is 0 Å². The number of amides is 2. The molecule has 1 aromatic heterocycles. The zero-order chi connectivity index (χ0) is 24.7. The van der Waals surface area contributed by atoms with Crippen molar-refractivity contribution in [3.05, 3.63) is 21.6 Å². The van der Waals surface area contributed by atoms with Gasteiger partial charge in [0.1, 0.15) is 5.60 Å². The van der Waals surface area contributed by atoms with Gasteiger partial charge < -0.3 is 24.6 Å². The van der Waals surface area contributed by atoms with Gasteiger partial charge in [0.25, 0.3) is 5.56 Å². The molecule has 2 fully saturated rings. The SMILES string of the molecule is Cc1nc(N2CCOCC2)[nH]c(=O)c1CCC(=O)NCCN1CCN(C(=O)OC(C)(C)C)CC1. The van der Waals surface area contributed by atoms with Crippen molar-refractivity contribution < 1.29 is 19.1 Å². The Morgan fingerprint density at radius 2 is 1.79 bits per heavy atom. The second-order valence-electron chi connectivity index (χ2n) is 9.71. The van der Waals surface area contributed by atoms with Crippen LogP contribution in [-0.4, -0.2) is 103 Å². The molecule has 2 aliphatic rings. The van der Waals surface area contributed by atoms with Gasteiger partial charge in [0.2, 0.25) is 11.9 Å². The van der Waals surface area contributed by atoms with Gasteiger partial charge >= 0.3 is 6.09 Å². The summed E-state index contributed by atoms with van der Waals surface area (Å²) in [7, 11) is 0. The summed E-state index contributed by atoms with van der Waals surface area (Å²) >= 11 is 0. The molecule has 0 atom stereocenters. The number of aromatic amines is 1. The molecule has 2 N–H and O–H groups in total. The molecule has 3 heterocycles. The third-order valence-corrected chi connectivity index (χ3v) is 5.90. The smallest absolute Gasteiger partial charge is 0.410 e. The molecule has 2 saturated heterocycles. The number of carbonyl (C=O) groups is 2. The summed E-state index contributed by atoms with van der Waals surface area (Å²) < 4.78 is 10.8. The minimum absolute atomic E-state index is 0.0940. The standard InChI is InChI=1S/C23H38N6O5/c1-17-18(20(31)26-21(25-17)28-13-15-33-16-14-28)5-6-19(30)24-7-8-27-9-11-29(12-10-27)22(32)34-23(2,3)4/h5-16H2,1-4H3,(H,24,30)(H,25,26,31). The Kier molecular flexibility index (Phi) is 8.90. The summed E-state index contributed by atoms with van der Waals surface area (Å²) in [6.45, 7) is 13.9. The Morgan fingerprint density at radius 1 is 1.12 bits per heavy atom. The summed E-state index contributed by atoms with van der Waals surface area (Å²) in [5.74, 6) is 0.467. The van der Waals surface area contributed by atoms with Crippen molar-refractivity contribution in [3.63, 3.8) is 0 Å². The number of anilines is 1. The topological polar surface area (TPSA) is 120 Å². The number of morpholine rings is 1. The highest BCUT2D eigenvalue weighted by molar-refractivity contribution is 5.76. The summed E-state index contributed by atoms with van der Waals surface area (Å²) in [4.78, 5) is 50.3. The second kappa shape index (κ2) is 11.7. The van der Waals surface area contributed by atoms with Crippen molar-refractivity contribution in [1.29, 1.82) is 0 Å². The molecule has 0 bridgehead atoms. The highest BCUT2D eigenvalue weighted by Gasteiger charge is 2.25. The van der Waals surface area contributed by atoms with E-state index in [2.05, 4.69) is 20.2 Å². The van der Waals surface area contributed by atoms with Gasteiger partial charge in [-0.25, -0.2) is 9.78 Å². The number of ether oxygens (including phenoxy) is 2. The predicted molar refractivity (Wildman–Crippen MR) is 128 cm³/mol. The maximum atomic E-state index is 12.6. The highest BCUT2D eigenvalue weighted by atomic mass is 16.6. The Balaban J connectivity index is 1.37. The Bertz CT molecular complexity index is 898. The van der Waals surface area contributed by atoms with Gasteiger partial charge in [-0.3, -0.25) is 19.5 Å². The summed E-state index contributed by atoms with van der Waals surface area (Å²) in [6.07, 6.45) is 0.297. The first kappa shape index (κ1) is 26.0. The molecule has 3 rings (SSSR count). The number of aryl methyl sites for hydroxylation is 1. The number of hydrogen-bond acceptors (Lipinski definition) is 8. The second-order valence-corrected chi connectivity index (χ2v) is 9.71. The Morgan fingerprint density at radius 3 is 2.41 bits per heavy atom. The summed E-state index contributed by atoms with van der Waals surface area (Å²) in [5.41, 5.74) is 0.513. The molecular formula is C23H38N6O5. The third kappa shape index (κ3) is 7.69. The first-order chi connectivity index (χ1) is 16.1. The van der Waals surface area contributed by atoms with Crippen LogP contribution in [0.2, 0.25) is 0 Å². The van der Waals surface area contributed by atoms with Crippen LogP contribution in [0.15, 0.2) is 4.79 Å². The van der Waals surface area contributed by atoms with E-state index >= 15 is 0 Å². The van der Waals surface area contributed by atoms with Crippen molar-refractivity contribution in [2.45, 2.75) is 46.1 Å². The highest BCUT2D eigenvalue weighted by Crippen LogP contribution is 2.12. The molecule has 11 heteroatoms. The van der Waals surface area contributed by atoms with Crippen molar-refractivity contribution in [2.75, 3.05) is 70.5 Å². The largest absolute Gasteiger partial charge is 0.444 e. The van der Waals surface area contributed by atoms with Crippen LogP contribution in [0.5, 0.6) is 0 Å². The number of nitrogens with one attached hydrogen (secondary N) is 2. The first-order valence-corrected chi connectivity index (χ1v) is 12.0. The van der Waals surface area contributed by atoms with Crippen LogP contribution in [0.25, 0.3) is 0 Å². The van der Waals surface area contributed by atoms with Crippen molar-refractivity contribution in [3.8, 4) is 0 Å². The number of piperazine rings is 1. The molecule has 2 aliphatic heterocycles. The van der Waals surface area contributed by atoms with Gasteiger partial charge in [-0.05, 0) is 34.1 Å². The number of aromatic nitrogens is 2. The lowest BCUT2D eigenvalue weighted by molar-refractivity contribution is -0.121. The van der Waals surface area contributed by atoms with E-state index in [-0.39, 0.29) is 24.0 Å². The van der Waals surface area contributed by atoms with Gasteiger partial charge in [0, 0.05) is 70.0 Å². The Hall–Kier alpha value is -2.66. The molecule has 2 amide bonds. The average Bonchev–Trinajstić information content (AvgIpc) is 2.78. The molecule has 0 aromatic carbocycles. The summed E-state index contributed by atoms with van der Waals surface area (Å²) in [6, 6.07) is 0. The maximum absolute atomic E-state index is 12.6. The molecule has 11 nitrogen and oxygen atoms in total. The molecule has 0 radical (unpaired) electrons. The van der Waals surface area contributed by atoms with Crippen LogP contribution < -0.4 is 15.8 Å². The van der Waals surface area contributed by atoms with E-state index in [1.807, 2.05) is 32.6 Å². The lowest BCUT2D eigenvalue weighted by Crippen LogP contribution is -2.51. The van der Waals surface area contributed by atoms with E-state index in [4.69, 9.17) is 9.47 Å². The minimum atomic E-state index is -0.497. The molecule has 0 saturated carbocycles. The fourth-order valence-corrected chi connectivity index (χ4v) is 3.98. The van der Waals surface area contributed by atoms with Gasteiger partial charge in [0.05, 0.1) is 13.2 Å². The van der Waals surface area contributed by atoms with Crippen LogP contribution in [-0.2, 0) is 20.7 Å². The number of nitrogens with zero attached hydrogens (tertiary/aromatic N) is 4. The molecule has 190 valence electrons. The minimum Gasteiger partial charge on any atom is -0.444 e. The lowest BCUT2D eigenvalue weighted by atomic mass is 10.1. The van der Waals surface area contributed by atoms with Gasteiger partial charge in [-0.2, -0.15) is 0 Å². The van der Waals surface area contributed by atoms with E-state index in [0.717, 1.165) is 13.1 Å². The van der Waals surface area contributed by atoms with Crippen LogP contribution in [0.4, 0.5) is 10.7 Å². The zero-order valence-corrected chi connectivity index (χ0v) is 20.8. The fraction of sp³-hybridized carbons (Fsp3) is 0.739. The van der Waals surface area contributed by atoms with Crippen LogP contribution >= 0.6 is 0 Å². The quantitative estimate of drug-likeness (QED) is 0.582. The fourth-order valence-electron chi connectivity index (χ4n) is 3.98. The van der Waals surface area contributed by atoms with Crippen molar-refractivity contribution in [1.82, 2.24) is 25.1 Å². The molecule has 34 heavy (non-hydrogen) atoms. The summed E-state index contributed by atoms with van der Waals surface area (Å²) in [5, 5.41) is 2.93. The van der Waals surface area contributed by atoms with E-state index in [9.17, 15) is 14.4 Å². The van der Waals surface area contributed by atoms with E-state index < -0.39 is 5.60 Å². The number of rotatable bonds is 7. The van der Waals surface area contributed by atoms with Crippen LogP contribution in [0, 0.1) is 6.92 Å². The average molecular weight is 479 g/mol. The third-order valence-electron chi connectivity index (χ3n) is 5.90. The van der Waals surface area contributed by atoms with Crippen LogP contribution in [0.3, 0.4) is 0 Å². The van der Waals surface area contributed by atoms with E-state index in [1.165, 1.54) is 0 Å². The van der Waals surface area contributed by atoms with Gasteiger partial charge in [-0.1, -0.05) is 0 Å². The van der Waals surface area contributed by atoms with Crippen molar-refractivity contribution in [2.24, 2.45) is 0 Å². The lowest BCUT2D eigenvalue weighted by Gasteiger charge is -2.35. The molecule has 0 aliphatic carbocycles. The Labute approximate surface area is 200 Å². The zero-order valence-electron chi connectivity index (χ0n) is 20.8. The van der Waals surface area contributed by atoms with E-state index in [0.29, 0.717) is 76.1 Å². The molecule has 1 aromatic rings. The number of H-pyrrole nitrogens is 1. The monoisotopic (exact) mass is 478 g/mol. The van der Waals surface area contributed by atoms with Crippen LogP contribution in [0.1, 0.15) is 38.4 Å². The molecule has 0 spiro atoms.